The van der Waals surface area contributed by atoms with Crippen LogP contribution in [0, 0.1) is 0 Å². The van der Waals surface area contributed by atoms with E-state index in [0.29, 0.717) is 47.1 Å². The van der Waals surface area contributed by atoms with E-state index >= 15 is 0 Å². The average molecular weight is 888 g/mol. The fourth-order valence-corrected chi connectivity index (χ4v) is 7.84. The maximum Gasteiger partial charge on any atom is 0.337 e. The molecule has 0 aliphatic carbocycles. The molecule has 3 aromatic heterocycles. The summed E-state index contributed by atoms with van der Waals surface area (Å²) < 4.78 is 25.8. The van der Waals surface area contributed by atoms with Crippen LogP contribution in [0.25, 0.3) is 56.7 Å². The molecular weight excluding hydrogens is 827 g/mol. The van der Waals surface area contributed by atoms with Gasteiger partial charge in [-0.25, -0.2) is 23.9 Å². The second-order valence-corrected chi connectivity index (χ2v) is 16.4. The van der Waals surface area contributed by atoms with Gasteiger partial charge in [0.25, 0.3) is 0 Å². The van der Waals surface area contributed by atoms with Gasteiger partial charge in [-0.2, -0.15) is 10.2 Å². The van der Waals surface area contributed by atoms with Crippen molar-refractivity contribution < 1.29 is 28.5 Å². The number of nitrogens with zero attached hydrogens (tertiary/aromatic N) is 5. The van der Waals surface area contributed by atoms with Crippen LogP contribution in [0.15, 0.2) is 127 Å². The van der Waals surface area contributed by atoms with Crippen molar-refractivity contribution in [2.45, 2.75) is 90.9 Å². The van der Waals surface area contributed by atoms with Crippen molar-refractivity contribution in [3.8, 4) is 68.2 Å². The van der Waals surface area contributed by atoms with Crippen LogP contribution in [0.4, 0.5) is 0 Å². The van der Waals surface area contributed by atoms with Crippen molar-refractivity contribution in [2.24, 2.45) is 0 Å². The summed E-state index contributed by atoms with van der Waals surface area (Å²) in [4.78, 5) is 29.7. The topological polar surface area (TPSA) is 120 Å². The van der Waals surface area contributed by atoms with Crippen LogP contribution in [0.3, 0.4) is 0 Å². The molecule has 7 aromatic rings. The molecule has 0 atom stereocenters. The molecule has 7 rings (SSSR count). The van der Waals surface area contributed by atoms with Gasteiger partial charge in [0.05, 0.1) is 72.7 Å². The average Bonchev–Trinajstić information content (AvgIpc) is 4.03. The van der Waals surface area contributed by atoms with Crippen LogP contribution >= 0.6 is 0 Å². The monoisotopic (exact) mass is 887 g/mol. The van der Waals surface area contributed by atoms with Gasteiger partial charge in [0.2, 0.25) is 0 Å². The minimum absolute atomic E-state index is 0.408. The number of pyridine rings is 1. The lowest BCUT2D eigenvalue weighted by molar-refractivity contribution is 0.0592. The zero-order valence-corrected chi connectivity index (χ0v) is 38.7. The Morgan fingerprint density at radius 1 is 0.455 bits per heavy atom. The molecule has 66 heavy (non-hydrogen) atoms. The molecule has 4 aromatic carbocycles. The zero-order valence-electron chi connectivity index (χ0n) is 38.7. The van der Waals surface area contributed by atoms with Crippen molar-refractivity contribution in [2.75, 3.05) is 27.4 Å². The summed E-state index contributed by atoms with van der Waals surface area (Å²) in [6.07, 6.45) is 14.5. The summed E-state index contributed by atoms with van der Waals surface area (Å²) >= 11 is 0. The number of hydrogen-bond donors (Lipinski definition) is 0. The highest BCUT2D eigenvalue weighted by Gasteiger charge is 2.19. The van der Waals surface area contributed by atoms with Gasteiger partial charge in [-0.1, -0.05) is 84.1 Å². The van der Waals surface area contributed by atoms with Crippen molar-refractivity contribution in [1.29, 1.82) is 0 Å². The third kappa shape index (κ3) is 12.2. The molecular formula is C55H61N5O6. The van der Waals surface area contributed by atoms with E-state index in [-0.39, 0.29) is 0 Å². The summed E-state index contributed by atoms with van der Waals surface area (Å²) in [5.41, 5.74) is 8.61. The lowest BCUT2D eigenvalue weighted by Crippen LogP contribution is -2.03. The number of esters is 2. The number of carbonyl (C=O) groups excluding carboxylic acids is 2. The molecule has 0 saturated heterocycles. The van der Waals surface area contributed by atoms with E-state index in [1.807, 2.05) is 112 Å². The van der Waals surface area contributed by atoms with Crippen LogP contribution in [0.2, 0.25) is 0 Å². The molecule has 342 valence electrons. The Morgan fingerprint density at radius 2 is 0.833 bits per heavy atom. The molecule has 0 unspecified atom stereocenters. The van der Waals surface area contributed by atoms with E-state index < -0.39 is 11.9 Å². The minimum atomic E-state index is -0.408. The highest BCUT2D eigenvalue weighted by molar-refractivity contribution is 5.90. The van der Waals surface area contributed by atoms with Crippen molar-refractivity contribution in [1.82, 2.24) is 24.5 Å². The molecule has 0 amide bonds. The van der Waals surface area contributed by atoms with Gasteiger partial charge < -0.3 is 18.9 Å². The molecule has 0 radical (unpaired) electrons. The van der Waals surface area contributed by atoms with Crippen molar-refractivity contribution in [3.63, 3.8) is 0 Å². The Balaban J connectivity index is 1.18. The van der Waals surface area contributed by atoms with Gasteiger partial charge in [0.1, 0.15) is 22.9 Å². The molecule has 11 nitrogen and oxygen atoms in total. The van der Waals surface area contributed by atoms with E-state index in [2.05, 4.69) is 13.8 Å². The molecule has 0 N–H and O–H groups in total. The van der Waals surface area contributed by atoms with E-state index in [4.69, 9.17) is 34.1 Å². The molecule has 0 fully saturated rings. The first-order valence-corrected chi connectivity index (χ1v) is 23.4. The van der Waals surface area contributed by atoms with Crippen molar-refractivity contribution in [3.05, 3.63) is 139 Å². The fraction of sp³-hybridized carbons (Fsp3) is 0.327. The standard InChI is InChI=1S/C55H61N5O6/c1-5-7-9-11-13-15-36-65-46-32-24-40(25-33-46)52-38-50(57-59(52)44-28-20-42(21-29-44)54(61)63-3)48-18-17-19-49(56-48)51-39-53(60(58-51)45-30-22-43(23-31-45)55(62)64-4)41-26-34-47(35-27-41)66-37-16-14-12-10-8-6-2/h17-35,38-39H,5-16,36-37H2,1-4H3. The second-order valence-electron chi connectivity index (χ2n) is 16.4. The first-order valence-electron chi connectivity index (χ1n) is 23.4. The van der Waals surface area contributed by atoms with Gasteiger partial charge in [-0.3, -0.25) is 0 Å². The SMILES string of the molecule is CCCCCCCCOc1ccc(-c2cc(-c3cccc(-c4cc(-c5ccc(OCCCCCCCC)cc5)n(-c5ccc(C(=O)OC)cc5)n4)n3)nn2-c2ccc(C(=O)OC)cc2)cc1. The third-order valence-electron chi connectivity index (χ3n) is 11.6. The van der Waals surface area contributed by atoms with Gasteiger partial charge in [-0.15, -0.1) is 0 Å². The molecule has 11 heteroatoms. The number of carbonyl (C=O) groups is 2. The van der Waals surface area contributed by atoms with Crippen LogP contribution in [-0.4, -0.2) is 63.9 Å². The van der Waals surface area contributed by atoms with Crippen molar-refractivity contribution >= 4 is 11.9 Å². The summed E-state index contributed by atoms with van der Waals surface area (Å²) in [6.45, 7) is 5.83. The number of benzene rings is 4. The maximum absolute atomic E-state index is 12.3. The predicted octanol–water partition coefficient (Wildman–Crippen LogP) is 13.2. The van der Waals surface area contributed by atoms with E-state index in [0.717, 1.165) is 58.2 Å². The summed E-state index contributed by atoms with van der Waals surface area (Å²) in [5, 5.41) is 10.2. The number of hydrogen-bond acceptors (Lipinski definition) is 9. The van der Waals surface area contributed by atoms with E-state index in [1.54, 1.807) is 24.3 Å². The number of rotatable bonds is 24. The maximum atomic E-state index is 12.3. The molecule has 0 aliphatic heterocycles. The quantitative estimate of drug-likeness (QED) is 0.0431. The van der Waals surface area contributed by atoms with Crippen LogP contribution in [0.1, 0.15) is 112 Å². The normalized spacial score (nSPS) is 11.1. The van der Waals surface area contributed by atoms with Gasteiger partial charge in [-0.05, 0) is 134 Å². The van der Waals surface area contributed by atoms with E-state index in [1.165, 1.54) is 78.4 Å². The predicted molar refractivity (Wildman–Crippen MR) is 261 cm³/mol. The van der Waals surface area contributed by atoms with Crippen LogP contribution < -0.4 is 9.47 Å². The Morgan fingerprint density at radius 3 is 1.21 bits per heavy atom. The third-order valence-corrected chi connectivity index (χ3v) is 11.6. The first-order chi connectivity index (χ1) is 32.4. The number of ether oxygens (including phenoxy) is 4. The number of unbranched alkanes of at least 4 members (excludes halogenated alkanes) is 10. The number of aromatic nitrogens is 5. The Hall–Kier alpha value is -7.01. The molecule has 3 heterocycles. The highest BCUT2D eigenvalue weighted by atomic mass is 16.5. The first kappa shape index (κ1) is 47.0. The van der Waals surface area contributed by atoms with Gasteiger partial charge >= 0.3 is 11.9 Å². The fourth-order valence-electron chi connectivity index (χ4n) is 7.84. The van der Waals surface area contributed by atoms with Gasteiger partial charge in [0.15, 0.2) is 0 Å². The molecule has 0 saturated carbocycles. The summed E-state index contributed by atoms with van der Waals surface area (Å²) in [5.74, 6) is 0.825. The molecule has 0 bridgehead atoms. The largest absolute Gasteiger partial charge is 0.494 e. The Bertz CT molecular complexity index is 2440. The Labute approximate surface area is 388 Å². The number of methoxy groups -OCH3 is 2. The van der Waals surface area contributed by atoms with Crippen LogP contribution in [0.5, 0.6) is 11.5 Å². The zero-order chi connectivity index (χ0) is 46.1. The molecule has 0 spiro atoms. The molecule has 0 aliphatic rings. The van der Waals surface area contributed by atoms with Gasteiger partial charge in [0, 0.05) is 11.1 Å². The summed E-state index contributed by atoms with van der Waals surface area (Å²) in [6, 6.07) is 40.4. The Kier molecular flexibility index (Phi) is 16.9. The smallest absolute Gasteiger partial charge is 0.337 e. The lowest BCUT2D eigenvalue weighted by atomic mass is 10.1. The van der Waals surface area contributed by atoms with E-state index in [9.17, 15) is 9.59 Å². The lowest BCUT2D eigenvalue weighted by Gasteiger charge is -2.10. The van der Waals surface area contributed by atoms with Crippen LogP contribution in [-0.2, 0) is 9.47 Å². The second kappa shape index (κ2) is 23.8. The minimum Gasteiger partial charge on any atom is -0.494 e. The summed E-state index contributed by atoms with van der Waals surface area (Å²) in [7, 11) is 2.74. The highest BCUT2D eigenvalue weighted by Crippen LogP contribution is 2.33.